The van der Waals surface area contributed by atoms with Crippen molar-refractivity contribution in [1.29, 1.82) is 0 Å². The lowest BCUT2D eigenvalue weighted by molar-refractivity contribution is -0.131. The van der Waals surface area contributed by atoms with Gasteiger partial charge in [0.1, 0.15) is 0 Å². The normalized spacial score (nSPS) is 14.4. The van der Waals surface area contributed by atoms with Gasteiger partial charge in [0, 0.05) is 25.5 Å². The maximum Gasteiger partial charge on any atom is 0.315 e. The van der Waals surface area contributed by atoms with Gasteiger partial charge in [0.25, 0.3) is 0 Å². The van der Waals surface area contributed by atoms with Crippen LogP contribution in [0.15, 0.2) is 48.8 Å². The number of carbonyl (C=O) groups excluding carboxylic acids is 2. The number of fused-ring (bicyclic) bond motifs is 1. The van der Waals surface area contributed by atoms with E-state index in [0.717, 1.165) is 12.0 Å². The van der Waals surface area contributed by atoms with Crippen molar-refractivity contribution >= 4 is 11.9 Å². The van der Waals surface area contributed by atoms with Crippen LogP contribution >= 0.6 is 0 Å². The summed E-state index contributed by atoms with van der Waals surface area (Å²) in [7, 11) is 0. The molecule has 0 bridgehead atoms. The summed E-state index contributed by atoms with van der Waals surface area (Å²) >= 11 is 0. The Hall–Kier alpha value is -2.89. The van der Waals surface area contributed by atoms with E-state index in [4.69, 9.17) is 0 Å². The van der Waals surface area contributed by atoms with Crippen LogP contribution in [0.1, 0.15) is 29.7 Å². The third kappa shape index (κ3) is 4.35. The number of rotatable bonds is 4. The van der Waals surface area contributed by atoms with Gasteiger partial charge in [-0.3, -0.25) is 9.78 Å². The maximum atomic E-state index is 12.3. The van der Waals surface area contributed by atoms with E-state index in [-0.39, 0.29) is 24.5 Å². The number of amides is 3. The summed E-state index contributed by atoms with van der Waals surface area (Å²) < 4.78 is 0. The van der Waals surface area contributed by atoms with Crippen molar-refractivity contribution < 1.29 is 9.59 Å². The summed E-state index contributed by atoms with van der Waals surface area (Å²) in [5.41, 5.74) is 3.44. The van der Waals surface area contributed by atoms with Gasteiger partial charge >= 0.3 is 6.03 Å². The number of aromatic nitrogens is 1. The minimum Gasteiger partial charge on any atom is -0.336 e. The van der Waals surface area contributed by atoms with Crippen molar-refractivity contribution in [3.05, 3.63) is 65.5 Å². The Balaban J connectivity index is 1.47. The first-order valence-corrected chi connectivity index (χ1v) is 8.42. The Bertz CT molecular complexity index is 748. The molecule has 2 aromatic rings. The number of benzene rings is 1. The summed E-state index contributed by atoms with van der Waals surface area (Å²) in [6, 6.07) is 11.3. The van der Waals surface area contributed by atoms with Gasteiger partial charge in [-0.25, -0.2) is 4.79 Å². The molecule has 3 rings (SSSR count). The second-order valence-electron chi connectivity index (χ2n) is 6.16. The van der Waals surface area contributed by atoms with E-state index < -0.39 is 0 Å². The van der Waals surface area contributed by atoms with E-state index >= 15 is 0 Å². The third-order valence-electron chi connectivity index (χ3n) is 4.44. The van der Waals surface area contributed by atoms with Gasteiger partial charge in [0.15, 0.2) is 0 Å². The zero-order valence-electron chi connectivity index (χ0n) is 14.2. The number of hydrogen-bond acceptors (Lipinski definition) is 3. The molecule has 2 heterocycles. The molecule has 2 N–H and O–H groups in total. The Labute approximate surface area is 147 Å². The van der Waals surface area contributed by atoms with E-state index in [9.17, 15) is 9.59 Å². The molecule has 1 aliphatic heterocycles. The monoisotopic (exact) mass is 338 g/mol. The van der Waals surface area contributed by atoms with Crippen molar-refractivity contribution in [3.8, 4) is 0 Å². The van der Waals surface area contributed by atoms with Crippen LogP contribution < -0.4 is 10.6 Å². The number of pyridine rings is 1. The first-order valence-electron chi connectivity index (χ1n) is 8.42. The fourth-order valence-electron chi connectivity index (χ4n) is 2.96. The average molecular weight is 338 g/mol. The van der Waals surface area contributed by atoms with Crippen LogP contribution in [-0.2, 0) is 17.8 Å². The van der Waals surface area contributed by atoms with Crippen LogP contribution in [0.2, 0.25) is 0 Å². The summed E-state index contributed by atoms with van der Waals surface area (Å²) in [5, 5.41) is 5.47. The molecule has 3 amide bonds. The number of nitrogens with one attached hydrogen (secondary N) is 2. The molecule has 0 fully saturated rings. The van der Waals surface area contributed by atoms with Crippen LogP contribution in [0.5, 0.6) is 0 Å². The van der Waals surface area contributed by atoms with Gasteiger partial charge < -0.3 is 15.5 Å². The average Bonchev–Trinajstić information content (AvgIpc) is 2.66. The van der Waals surface area contributed by atoms with Gasteiger partial charge in [0.2, 0.25) is 5.91 Å². The minimum atomic E-state index is -0.352. The highest BCUT2D eigenvalue weighted by Crippen LogP contribution is 2.18. The van der Waals surface area contributed by atoms with Crippen LogP contribution in [0.3, 0.4) is 0 Å². The fraction of sp³-hybridized carbons (Fsp3) is 0.316. The molecule has 1 aromatic carbocycles. The standard InChI is InChI=1S/C19H22N4O2/c1-14(15-6-9-20-10-7-15)22-19(25)21-12-18(24)23-11-8-16-4-2-3-5-17(16)13-23/h2-7,9-10,14H,8,11-13H2,1H3,(H2,21,22,25). The van der Waals surface area contributed by atoms with Gasteiger partial charge in [-0.1, -0.05) is 24.3 Å². The molecule has 0 saturated carbocycles. The topological polar surface area (TPSA) is 74.3 Å². The van der Waals surface area contributed by atoms with Crippen molar-refractivity contribution in [2.45, 2.75) is 25.9 Å². The Morgan fingerprint density at radius 2 is 1.88 bits per heavy atom. The molecule has 6 nitrogen and oxygen atoms in total. The molecule has 0 spiro atoms. The summed E-state index contributed by atoms with van der Waals surface area (Å²) in [5.74, 6) is -0.0683. The highest BCUT2D eigenvalue weighted by Gasteiger charge is 2.20. The first-order chi connectivity index (χ1) is 12.1. The fourth-order valence-corrected chi connectivity index (χ4v) is 2.96. The lowest BCUT2D eigenvalue weighted by Gasteiger charge is -2.29. The molecule has 1 aromatic heterocycles. The van der Waals surface area contributed by atoms with Gasteiger partial charge in [-0.2, -0.15) is 0 Å². The molecule has 1 unspecified atom stereocenters. The Morgan fingerprint density at radius 1 is 1.16 bits per heavy atom. The highest BCUT2D eigenvalue weighted by molar-refractivity contribution is 5.84. The first kappa shape index (κ1) is 17.0. The maximum absolute atomic E-state index is 12.3. The number of urea groups is 1. The molecule has 1 atom stereocenters. The lowest BCUT2D eigenvalue weighted by Crippen LogP contribution is -2.45. The Morgan fingerprint density at radius 3 is 2.64 bits per heavy atom. The predicted octanol–water partition coefficient (Wildman–Crippen LogP) is 2.03. The van der Waals surface area contributed by atoms with Crippen molar-refractivity contribution in [2.75, 3.05) is 13.1 Å². The van der Waals surface area contributed by atoms with Crippen LogP contribution in [0.25, 0.3) is 0 Å². The van der Waals surface area contributed by atoms with E-state index in [0.29, 0.717) is 13.1 Å². The number of carbonyl (C=O) groups is 2. The second kappa shape index (κ2) is 7.79. The Kier molecular flexibility index (Phi) is 5.28. The van der Waals surface area contributed by atoms with E-state index in [1.165, 1.54) is 11.1 Å². The molecule has 130 valence electrons. The molecular formula is C19H22N4O2. The second-order valence-corrected chi connectivity index (χ2v) is 6.16. The molecule has 25 heavy (non-hydrogen) atoms. The van der Waals surface area contributed by atoms with Crippen LogP contribution in [-0.4, -0.2) is 34.9 Å². The zero-order chi connectivity index (χ0) is 17.6. The van der Waals surface area contributed by atoms with Crippen molar-refractivity contribution in [1.82, 2.24) is 20.5 Å². The summed E-state index contributed by atoms with van der Waals surface area (Å²) in [6.45, 7) is 3.17. The van der Waals surface area contributed by atoms with Gasteiger partial charge in [0.05, 0.1) is 12.6 Å². The molecular weight excluding hydrogens is 316 g/mol. The lowest BCUT2D eigenvalue weighted by atomic mass is 10.00. The highest BCUT2D eigenvalue weighted by atomic mass is 16.2. The van der Waals surface area contributed by atoms with Crippen molar-refractivity contribution in [2.24, 2.45) is 0 Å². The number of hydrogen-bond donors (Lipinski definition) is 2. The molecule has 6 heteroatoms. The SMILES string of the molecule is CC(NC(=O)NCC(=O)N1CCc2ccccc2C1)c1ccncc1. The van der Waals surface area contributed by atoms with E-state index in [1.54, 1.807) is 17.3 Å². The van der Waals surface area contributed by atoms with E-state index in [1.807, 2.05) is 37.3 Å². The number of nitrogens with zero attached hydrogens (tertiary/aromatic N) is 2. The predicted molar refractivity (Wildman–Crippen MR) is 94.7 cm³/mol. The van der Waals surface area contributed by atoms with Crippen LogP contribution in [0, 0.1) is 0 Å². The molecule has 0 saturated heterocycles. The smallest absolute Gasteiger partial charge is 0.315 e. The quantitative estimate of drug-likeness (QED) is 0.896. The molecule has 1 aliphatic rings. The minimum absolute atomic E-state index is 0.00291. The third-order valence-corrected chi connectivity index (χ3v) is 4.44. The van der Waals surface area contributed by atoms with E-state index in [2.05, 4.69) is 21.7 Å². The van der Waals surface area contributed by atoms with Gasteiger partial charge in [-0.05, 0) is 42.2 Å². The van der Waals surface area contributed by atoms with Gasteiger partial charge in [-0.15, -0.1) is 0 Å². The van der Waals surface area contributed by atoms with Crippen molar-refractivity contribution in [3.63, 3.8) is 0 Å². The van der Waals surface area contributed by atoms with Crippen LogP contribution in [0.4, 0.5) is 4.79 Å². The summed E-state index contributed by atoms with van der Waals surface area (Å²) in [6.07, 6.45) is 4.22. The zero-order valence-corrected chi connectivity index (χ0v) is 14.2. The molecule has 0 radical (unpaired) electrons. The molecule has 0 aliphatic carbocycles. The summed E-state index contributed by atoms with van der Waals surface area (Å²) in [4.78, 5) is 30.1. The largest absolute Gasteiger partial charge is 0.336 e.